The summed E-state index contributed by atoms with van der Waals surface area (Å²) in [4.78, 5) is 15.8. The monoisotopic (exact) mass is 385 g/mol. The van der Waals surface area contributed by atoms with Crippen LogP contribution in [0.2, 0.25) is 0 Å². The third-order valence-electron chi connectivity index (χ3n) is 5.36. The average Bonchev–Trinajstić information content (AvgIpc) is 3.38. The quantitative estimate of drug-likeness (QED) is 0.629. The van der Waals surface area contributed by atoms with Crippen molar-refractivity contribution in [1.82, 2.24) is 5.32 Å². The molecule has 0 aliphatic heterocycles. The molecule has 1 aliphatic rings. The van der Waals surface area contributed by atoms with Crippen LogP contribution in [0.3, 0.4) is 0 Å². The van der Waals surface area contributed by atoms with Gasteiger partial charge in [0, 0.05) is 26.4 Å². The predicted molar refractivity (Wildman–Crippen MR) is 109 cm³/mol. The van der Waals surface area contributed by atoms with Crippen molar-refractivity contribution in [2.45, 2.75) is 44.1 Å². The highest BCUT2D eigenvalue weighted by atomic mass is 32.1. The van der Waals surface area contributed by atoms with Crippen molar-refractivity contribution in [3.63, 3.8) is 0 Å². The summed E-state index contributed by atoms with van der Waals surface area (Å²) in [5.74, 6) is 0.0183. The van der Waals surface area contributed by atoms with Gasteiger partial charge < -0.3 is 10.4 Å². The molecule has 1 aromatic carbocycles. The van der Waals surface area contributed by atoms with Gasteiger partial charge in [-0.2, -0.15) is 0 Å². The molecular formula is C21H23NO2S2. The van der Waals surface area contributed by atoms with Gasteiger partial charge >= 0.3 is 0 Å². The molecule has 1 fully saturated rings. The Morgan fingerprint density at radius 2 is 1.96 bits per heavy atom. The molecule has 2 heterocycles. The van der Waals surface area contributed by atoms with E-state index in [1.807, 2.05) is 30.3 Å². The number of thiophene rings is 2. The normalized spacial score (nSPS) is 17.5. The van der Waals surface area contributed by atoms with E-state index in [0.717, 1.165) is 32.7 Å². The van der Waals surface area contributed by atoms with E-state index in [1.165, 1.54) is 17.7 Å². The number of amides is 1. The van der Waals surface area contributed by atoms with Crippen LogP contribution >= 0.6 is 22.7 Å². The minimum absolute atomic E-state index is 0.0180. The molecular weight excluding hydrogens is 362 g/mol. The van der Waals surface area contributed by atoms with E-state index in [-0.39, 0.29) is 11.3 Å². The van der Waals surface area contributed by atoms with Gasteiger partial charge in [-0.05, 0) is 49.4 Å². The molecule has 0 saturated heterocycles. The number of hydrogen-bond donors (Lipinski definition) is 2. The molecule has 136 valence electrons. The molecule has 0 radical (unpaired) electrons. The average molecular weight is 386 g/mol. The van der Waals surface area contributed by atoms with Crippen molar-refractivity contribution in [1.29, 1.82) is 0 Å². The van der Waals surface area contributed by atoms with Crippen LogP contribution in [0, 0.1) is 0 Å². The van der Waals surface area contributed by atoms with E-state index in [0.29, 0.717) is 6.54 Å². The van der Waals surface area contributed by atoms with Crippen molar-refractivity contribution >= 4 is 38.7 Å². The second-order valence-electron chi connectivity index (χ2n) is 7.20. The molecule has 2 aromatic heterocycles. The maximum atomic E-state index is 12.7. The van der Waals surface area contributed by atoms with Crippen LogP contribution in [0.4, 0.5) is 0 Å². The van der Waals surface area contributed by atoms with Gasteiger partial charge in [-0.15, -0.1) is 22.7 Å². The van der Waals surface area contributed by atoms with Crippen LogP contribution in [0.25, 0.3) is 10.1 Å². The Morgan fingerprint density at radius 1 is 1.19 bits per heavy atom. The van der Waals surface area contributed by atoms with E-state index in [2.05, 4.69) is 17.4 Å². The Labute approximate surface area is 161 Å². The smallest absolute Gasteiger partial charge is 0.261 e. The van der Waals surface area contributed by atoms with Crippen molar-refractivity contribution in [2.24, 2.45) is 0 Å². The first-order valence-corrected chi connectivity index (χ1v) is 10.8. The highest BCUT2D eigenvalue weighted by molar-refractivity contribution is 7.20. The lowest BCUT2D eigenvalue weighted by Gasteiger charge is -2.28. The van der Waals surface area contributed by atoms with E-state index in [9.17, 15) is 9.90 Å². The molecule has 1 amide bonds. The minimum atomic E-state index is -0.430. The first-order valence-electron chi connectivity index (χ1n) is 9.12. The molecule has 0 spiro atoms. The third-order valence-corrected chi connectivity index (χ3v) is 7.98. The second-order valence-corrected chi connectivity index (χ2v) is 9.40. The van der Waals surface area contributed by atoms with Crippen LogP contribution in [0.15, 0.2) is 42.5 Å². The molecule has 1 atom stereocenters. The topological polar surface area (TPSA) is 49.3 Å². The summed E-state index contributed by atoms with van der Waals surface area (Å²) in [6, 6.07) is 14.3. The van der Waals surface area contributed by atoms with Crippen LogP contribution in [-0.2, 0) is 5.41 Å². The van der Waals surface area contributed by atoms with Crippen LogP contribution < -0.4 is 5.32 Å². The lowest BCUT2D eigenvalue weighted by atomic mass is 9.84. The number of hydrogen-bond acceptors (Lipinski definition) is 4. The van der Waals surface area contributed by atoms with E-state index < -0.39 is 6.10 Å². The largest absolute Gasteiger partial charge is 0.388 e. The highest BCUT2D eigenvalue weighted by Crippen LogP contribution is 2.44. The molecule has 26 heavy (non-hydrogen) atoms. The number of aliphatic hydroxyl groups is 1. The maximum Gasteiger partial charge on any atom is 0.261 e. The summed E-state index contributed by atoms with van der Waals surface area (Å²) in [7, 11) is 0. The SMILES string of the molecule is C[C@H](O)c1ccc(C2(CNC(=O)c3cc4ccccc4s3)CCCC2)s1. The van der Waals surface area contributed by atoms with Crippen LogP contribution in [0.1, 0.15) is 58.1 Å². The van der Waals surface area contributed by atoms with Gasteiger partial charge in [0.25, 0.3) is 5.91 Å². The lowest BCUT2D eigenvalue weighted by Crippen LogP contribution is -2.38. The molecule has 4 rings (SSSR count). The van der Waals surface area contributed by atoms with Gasteiger partial charge in [0.2, 0.25) is 0 Å². The first-order chi connectivity index (χ1) is 12.6. The summed E-state index contributed by atoms with van der Waals surface area (Å²) in [6.07, 6.45) is 4.15. The van der Waals surface area contributed by atoms with Gasteiger partial charge in [0.05, 0.1) is 11.0 Å². The first kappa shape index (κ1) is 17.7. The van der Waals surface area contributed by atoms with Gasteiger partial charge in [-0.3, -0.25) is 4.79 Å². The van der Waals surface area contributed by atoms with Crippen LogP contribution in [-0.4, -0.2) is 17.6 Å². The van der Waals surface area contributed by atoms with Crippen molar-refractivity contribution in [3.05, 3.63) is 57.1 Å². The number of aliphatic hydroxyl groups excluding tert-OH is 1. The summed E-state index contributed by atoms with van der Waals surface area (Å²) < 4.78 is 1.15. The number of carbonyl (C=O) groups is 1. The number of nitrogens with one attached hydrogen (secondary N) is 1. The second kappa shape index (κ2) is 7.14. The van der Waals surface area contributed by atoms with E-state index >= 15 is 0 Å². The summed E-state index contributed by atoms with van der Waals surface area (Å²) in [5, 5.41) is 14.2. The summed E-state index contributed by atoms with van der Waals surface area (Å²) in [5.41, 5.74) is 0.0180. The Morgan fingerprint density at radius 3 is 2.65 bits per heavy atom. The summed E-state index contributed by atoms with van der Waals surface area (Å²) >= 11 is 3.24. The molecule has 0 unspecified atom stereocenters. The van der Waals surface area contributed by atoms with Gasteiger partial charge in [-0.1, -0.05) is 31.0 Å². The molecule has 0 bridgehead atoms. The zero-order chi connectivity index (χ0) is 18.1. The van der Waals surface area contributed by atoms with Gasteiger partial charge in [0.15, 0.2) is 0 Å². The number of carbonyl (C=O) groups excluding carboxylic acids is 1. The number of benzene rings is 1. The maximum absolute atomic E-state index is 12.7. The molecule has 3 nitrogen and oxygen atoms in total. The Kier molecular flexibility index (Phi) is 4.86. The van der Waals surface area contributed by atoms with Crippen molar-refractivity contribution in [3.8, 4) is 0 Å². The minimum Gasteiger partial charge on any atom is -0.388 e. The molecule has 3 aromatic rings. The zero-order valence-electron chi connectivity index (χ0n) is 14.8. The Hall–Kier alpha value is -1.69. The number of fused-ring (bicyclic) bond motifs is 1. The van der Waals surface area contributed by atoms with E-state index in [4.69, 9.17) is 0 Å². The van der Waals surface area contributed by atoms with Gasteiger partial charge in [0.1, 0.15) is 0 Å². The standard InChI is InChI=1S/C21H23NO2S2/c1-14(23)16-8-9-19(26-16)21(10-4-5-11-21)13-22-20(24)18-12-15-6-2-3-7-17(15)25-18/h2-3,6-9,12,14,23H,4-5,10-11,13H2,1H3,(H,22,24)/t14-/m0/s1. The molecule has 1 aliphatic carbocycles. The highest BCUT2D eigenvalue weighted by Gasteiger charge is 2.37. The fourth-order valence-corrected chi connectivity index (χ4v) is 6.02. The fourth-order valence-electron chi connectivity index (χ4n) is 3.85. The molecule has 1 saturated carbocycles. The van der Waals surface area contributed by atoms with Crippen molar-refractivity contribution in [2.75, 3.05) is 6.54 Å². The zero-order valence-corrected chi connectivity index (χ0v) is 16.5. The Balaban J connectivity index is 1.52. The predicted octanol–water partition coefficient (Wildman–Crippen LogP) is 5.26. The van der Waals surface area contributed by atoms with E-state index in [1.54, 1.807) is 29.6 Å². The molecule has 5 heteroatoms. The summed E-state index contributed by atoms with van der Waals surface area (Å²) in [6.45, 7) is 2.47. The molecule has 2 N–H and O–H groups in total. The van der Waals surface area contributed by atoms with Gasteiger partial charge in [-0.25, -0.2) is 0 Å². The van der Waals surface area contributed by atoms with Crippen LogP contribution in [0.5, 0.6) is 0 Å². The Bertz CT molecular complexity index is 886. The number of rotatable bonds is 5. The fraction of sp³-hybridized carbons (Fsp3) is 0.381. The lowest BCUT2D eigenvalue weighted by molar-refractivity contribution is 0.0947. The third kappa shape index (κ3) is 3.31. The van der Waals surface area contributed by atoms with Crippen molar-refractivity contribution < 1.29 is 9.90 Å².